The minimum Gasteiger partial charge on any atom is -0.295 e. The van der Waals surface area contributed by atoms with E-state index in [1.54, 1.807) is 12.4 Å². The minimum atomic E-state index is -0.168. The second kappa shape index (κ2) is 10.4. The molecule has 0 fully saturated rings. The van der Waals surface area contributed by atoms with Crippen molar-refractivity contribution in [2.24, 2.45) is 9.98 Å². The van der Waals surface area contributed by atoms with Crippen molar-refractivity contribution in [3.05, 3.63) is 127 Å². The smallest absolute Gasteiger partial charge is 0.280 e. The Labute approximate surface area is 226 Å². The second-order valence-electron chi connectivity index (χ2n) is 9.74. The third-order valence-corrected chi connectivity index (χ3v) is 6.69. The van der Waals surface area contributed by atoms with Crippen LogP contribution in [0.1, 0.15) is 39.2 Å². The van der Waals surface area contributed by atoms with Gasteiger partial charge >= 0.3 is 0 Å². The summed E-state index contributed by atoms with van der Waals surface area (Å²) < 4.78 is 3.04. The minimum absolute atomic E-state index is 0.167. The van der Waals surface area contributed by atoms with Crippen molar-refractivity contribution in [2.75, 3.05) is 0 Å². The predicted octanol–water partition coefficient (Wildman–Crippen LogP) is 5.69. The summed E-state index contributed by atoms with van der Waals surface area (Å²) in [5.41, 5.74) is 8.15. The van der Waals surface area contributed by atoms with E-state index in [2.05, 4.69) is 20.2 Å². The van der Waals surface area contributed by atoms with Gasteiger partial charge in [-0.3, -0.25) is 29.8 Å². The van der Waals surface area contributed by atoms with Gasteiger partial charge in [-0.1, -0.05) is 41.5 Å². The van der Waals surface area contributed by atoms with Crippen molar-refractivity contribution in [3.63, 3.8) is 0 Å². The first-order valence-corrected chi connectivity index (χ1v) is 12.7. The Balaban J connectivity index is 1.42. The van der Waals surface area contributed by atoms with E-state index in [0.29, 0.717) is 22.5 Å². The summed E-state index contributed by atoms with van der Waals surface area (Å²) in [5.74, 6) is 0. The van der Waals surface area contributed by atoms with Gasteiger partial charge < -0.3 is 0 Å². The summed E-state index contributed by atoms with van der Waals surface area (Å²) in [4.78, 5) is 35.3. The van der Waals surface area contributed by atoms with Crippen molar-refractivity contribution in [1.82, 2.24) is 19.6 Å². The first-order valence-electron chi connectivity index (χ1n) is 12.7. The van der Waals surface area contributed by atoms with Crippen LogP contribution in [0, 0.1) is 34.6 Å². The Kier molecular flexibility index (Phi) is 6.85. The Bertz CT molecular complexity index is 1830. The number of benzene rings is 3. The molecule has 39 heavy (non-hydrogen) atoms. The molecule has 0 amide bonds. The van der Waals surface area contributed by atoms with E-state index in [-0.39, 0.29) is 11.1 Å². The van der Waals surface area contributed by atoms with Crippen molar-refractivity contribution >= 4 is 23.8 Å². The Morgan fingerprint density at radius 2 is 1.08 bits per heavy atom. The Morgan fingerprint density at radius 1 is 0.615 bits per heavy atom. The van der Waals surface area contributed by atoms with Gasteiger partial charge in [0, 0.05) is 23.8 Å². The Morgan fingerprint density at radius 3 is 1.56 bits per heavy atom. The first kappa shape index (κ1) is 25.7. The topological polar surface area (TPSA) is 100 Å². The molecule has 0 saturated carbocycles. The van der Waals surface area contributed by atoms with Gasteiger partial charge in [-0.15, -0.1) is 0 Å². The van der Waals surface area contributed by atoms with Crippen LogP contribution in [0.3, 0.4) is 0 Å². The fraction of sp³-hybridized carbons (Fsp3) is 0.161. The van der Waals surface area contributed by atoms with Gasteiger partial charge in [0.1, 0.15) is 0 Å². The maximum atomic E-state index is 13.1. The van der Waals surface area contributed by atoms with E-state index in [1.165, 1.54) is 9.36 Å². The number of H-pyrrole nitrogens is 2. The predicted molar refractivity (Wildman–Crippen MR) is 157 cm³/mol. The van der Waals surface area contributed by atoms with Crippen molar-refractivity contribution in [3.8, 4) is 11.4 Å². The zero-order valence-electron chi connectivity index (χ0n) is 22.6. The monoisotopic (exact) mass is 518 g/mol. The molecule has 3 aromatic carbocycles. The molecule has 0 bridgehead atoms. The number of aromatic amines is 2. The lowest BCUT2D eigenvalue weighted by atomic mass is 10.2. The number of hydrogen-bond acceptors (Lipinski definition) is 4. The maximum Gasteiger partial charge on any atom is 0.280 e. The average Bonchev–Trinajstić information content (AvgIpc) is 3.37. The largest absolute Gasteiger partial charge is 0.295 e. The summed E-state index contributed by atoms with van der Waals surface area (Å²) in [5, 5.41) is 6.26. The molecule has 0 aliphatic rings. The highest BCUT2D eigenvalue weighted by atomic mass is 16.1. The third kappa shape index (κ3) is 5.22. The highest BCUT2D eigenvalue weighted by Gasteiger charge is 2.12. The summed E-state index contributed by atoms with van der Waals surface area (Å²) in [6.07, 6.45) is 3.17. The molecule has 0 saturated heterocycles. The standard InChI is InChI=1S/C31H30N6O2/c1-19-6-12-25(13-7-19)36-30(38)27(22(4)34-36)17-32-24-11-10-21(3)29(16-24)33-18-28-23(5)35-37(31(28)39)26-14-8-20(2)9-15-26/h6-18,34-35H,1-5H3. The summed E-state index contributed by atoms with van der Waals surface area (Å²) in [6, 6.07) is 21.1. The van der Waals surface area contributed by atoms with Gasteiger partial charge in [0.2, 0.25) is 0 Å². The van der Waals surface area contributed by atoms with E-state index in [9.17, 15) is 9.59 Å². The van der Waals surface area contributed by atoms with E-state index < -0.39 is 0 Å². The van der Waals surface area contributed by atoms with Gasteiger partial charge in [-0.2, -0.15) is 0 Å². The molecule has 8 nitrogen and oxygen atoms in total. The van der Waals surface area contributed by atoms with Gasteiger partial charge in [-0.05, 0) is 76.6 Å². The third-order valence-electron chi connectivity index (χ3n) is 6.69. The van der Waals surface area contributed by atoms with Crippen LogP contribution >= 0.6 is 0 Å². The van der Waals surface area contributed by atoms with E-state index in [4.69, 9.17) is 0 Å². The Hall–Kier alpha value is -4.98. The van der Waals surface area contributed by atoms with Crippen molar-refractivity contribution in [1.29, 1.82) is 0 Å². The van der Waals surface area contributed by atoms with Crippen LogP contribution in [0.2, 0.25) is 0 Å². The molecule has 196 valence electrons. The lowest BCUT2D eigenvalue weighted by Crippen LogP contribution is -2.17. The molecule has 0 spiro atoms. The van der Waals surface area contributed by atoms with Crippen LogP contribution in [-0.4, -0.2) is 32.0 Å². The molecular formula is C31H30N6O2. The average molecular weight is 519 g/mol. The molecule has 2 aromatic heterocycles. The quantitative estimate of drug-likeness (QED) is 0.282. The molecular weight excluding hydrogens is 488 g/mol. The van der Waals surface area contributed by atoms with E-state index in [0.717, 1.165) is 39.5 Å². The number of rotatable bonds is 6. The van der Waals surface area contributed by atoms with Crippen LogP contribution in [0.25, 0.3) is 11.4 Å². The van der Waals surface area contributed by atoms with Crippen LogP contribution in [-0.2, 0) is 0 Å². The molecule has 0 radical (unpaired) electrons. The first-order chi connectivity index (χ1) is 18.7. The second-order valence-corrected chi connectivity index (χ2v) is 9.74. The number of aromatic nitrogens is 4. The number of aliphatic imine (C=N–C) groups is 2. The molecule has 5 aromatic rings. The van der Waals surface area contributed by atoms with Crippen molar-refractivity contribution in [2.45, 2.75) is 34.6 Å². The molecule has 0 aliphatic carbocycles. The summed E-state index contributed by atoms with van der Waals surface area (Å²) in [7, 11) is 0. The zero-order chi connectivity index (χ0) is 27.7. The lowest BCUT2D eigenvalue weighted by Gasteiger charge is -2.02. The van der Waals surface area contributed by atoms with Gasteiger partial charge in [0.25, 0.3) is 11.1 Å². The lowest BCUT2D eigenvalue weighted by molar-refractivity contribution is 0.835. The van der Waals surface area contributed by atoms with Crippen LogP contribution in [0.5, 0.6) is 0 Å². The van der Waals surface area contributed by atoms with Gasteiger partial charge in [0.05, 0.1) is 33.9 Å². The fourth-order valence-electron chi connectivity index (χ4n) is 4.26. The normalized spacial score (nSPS) is 11.7. The molecule has 8 heteroatoms. The molecule has 2 heterocycles. The van der Waals surface area contributed by atoms with E-state index in [1.807, 2.05) is 101 Å². The van der Waals surface area contributed by atoms with Crippen LogP contribution < -0.4 is 11.1 Å². The van der Waals surface area contributed by atoms with Crippen molar-refractivity contribution < 1.29 is 0 Å². The molecule has 2 N–H and O–H groups in total. The highest BCUT2D eigenvalue weighted by molar-refractivity contribution is 5.85. The van der Waals surface area contributed by atoms with E-state index >= 15 is 0 Å². The van der Waals surface area contributed by atoms with Crippen LogP contribution in [0.4, 0.5) is 11.4 Å². The van der Waals surface area contributed by atoms with Crippen LogP contribution in [0.15, 0.2) is 86.3 Å². The summed E-state index contributed by atoms with van der Waals surface area (Å²) in [6.45, 7) is 9.66. The fourth-order valence-corrected chi connectivity index (χ4v) is 4.26. The summed E-state index contributed by atoms with van der Waals surface area (Å²) >= 11 is 0. The zero-order valence-corrected chi connectivity index (χ0v) is 22.6. The number of aryl methyl sites for hydroxylation is 5. The number of nitrogens with zero attached hydrogens (tertiary/aromatic N) is 4. The maximum absolute atomic E-state index is 13.1. The number of nitrogens with one attached hydrogen (secondary N) is 2. The number of hydrogen-bond donors (Lipinski definition) is 2. The molecule has 0 atom stereocenters. The highest BCUT2D eigenvalue weighted by Crippen LogP contribution is 2.25. The van der Waals surface area contributed by atoms with Gasteiger partial charge in [0.15, 0.2) is 0 Å². The molecule has 5 rings (SSSR count). The molecule has 0 aliphatic heterocycles. The SMILES string of the molecule is Cc1ccc(-n2[nH]c(C)c(C=Nc3ccc(C)c(N=Cc4c(C)[nH]n(-c5ccc(C)cc5)c4=O)c3)c2=O)cc1. The molecule has 0 unspecified atom stereocenters. The van der Waals surface area contributed by atoms with Gasteiger partial charge in [-0.25, -0.2) is 9.36 Å².